The molecule has 5 heteroatoms. The lowest BCUT2D eigenvalue weighted by Gasteiger charge is -2.28. The molecule has 2 aromatic rings. The van der Waals surface area contributed by atoms with Gasteiger partial charge in [0, 0.05) is 11.6 Å². The van der Waals surface area contributed by atoms with E-state index < -0.39 is 0 Å². The fourth-order valence-electron chi connectivity index (χ4n) is 2.95. The van der Waals surface area contributed by atoms with Crippen LogP contribution in [-0.2, 0) is 0 Å². The lowest BCUT2D eigenvalue weighted by atomic mass is 9.93. The Labute approximate surface area is 124 Å². The minimum absolute atomic E-state index is 0.00857. The summed E-state index contributed by atoms with van der Waals surface area (Å²) in [5, 5.41) is 14.8. The first-order valence-electron chi connectivity index (χ1n) is 7.36. The van der Waals surface area contributed by atoms with Gasteiger partial charge in [0.2, 0.25) is 0 Å². The number of hydrogen-bond donors (Lipinski definition) is 2. The third-order valence-electron chi connectivity index (χ3n) is 4.16. The van der Waals surface area contributed by atoms with Crippen LogP contribution in [0, 0.1) is 0 Å². The smallest absolute Gasteiger partial charge is 0.122 e. The normalized spacial score (nSPS) is 22.2. The molecule has 1 aromatic heterocycles. The Hall–Kier alpha value is -2.01. The number of aromatic nitrogens is 2. The second-order valence-electron chi connectivity index (χ2n) is 5.55. The lowest BCUT2D eigenvalue weighted by Crippen LogP contribution is -2.29. The zero-order valence-electron chi connectivity index (χ0n) is 12.2. The second kappa shape index (κ2) is 5.77. The van der Waals surface area contributed by atoms with Crippen LogP contribution in [0.2, 0.25) is 0 Å². The van der Waals surface area contributed by atoms with E-state index in [9.17, 15) is 5.11 Å². The first kappa shape index (κ1) is 13.9. The largest absolute Gasteiger partial charge is 0.497 e. The molecule has 112 valence electrons. The monoisotopic (exact) mass is 287 g/mol. The zero-order chi connectivity index (χ0) is 14.8. The molecule has 21 heavy (non-hydrogen) atoms. The molecule has 1 saturated carbocycles. The maximum atomic E-state index is 10.2. The summed E-state index contributed by atoms with van der Waals surface area (Å²) < 4.78 is 6.94. The van der Waals surface area contributed by atoms with E-state index in [1.807, 2.05) is 30.3 Å². The number of benzene rings is 1. The molecule has 3 rings (SSSR count). The van der Waals surface area contributed by atoms with Crippen LogP contribution in [0.25, 0.3) is 11.3 Å². The van der Waals surface area contributed by atoms with Gasteiger partial charge in [-0.25, -0.2) is 4.68 Å². The van der Waals surface area contributed by atoms with Crippen molar-refractivity contribution in [1.29, 1.82) is 0 Å². The average molecular weight is 287 g/mol. The lowest BCUT2D eigenvalue weighted by molar-refractivity contribution is 0.0707. The second-order valence-corrected chi connectivity index (χ2v) is 5.55. The van der Waals surface area contributed by atoms with Crippen LogP contribution in [0.5, 0.6) is 5.75 Å². The molecule has 0 radical (unpaired) electrons. The highest BCUT2D eigenvalue weighted by atomic mass is 16.5. The Morgan fingerprint density at radius 3 is 2.62 bits per heavy atom. The Balaban J connectivity index is 1.89. The highest BCUT2D eigenvalue weighted by Gasteiger charge is 2.27. The highest BCUT2D eigenvalue weighted by Crippen LogP contribution is 2.32. The van der Waals surface area contributed by atoms with E-state index in [1.165, 1.54) is 0 Å². The number of nitrogens with two attached hydrogens (primary N) is 1. The quantitative estimate of drug-likeness (QED) is 0.910. The van der Waals surface area contributed by atoms with Gasteiger partial charge in [0.15, 0.2) is 0 Å². The van der Waals surface area contributed by atoms with Gasteiger partial charge in [-0.05, 0) is 37.1 Å². The fourth-order valence-corrected chi connectivity index (χ4v) is 2.95. The number of anilines is 1. The van der Waals surface area contributed by atoms with Gasteiger partial charge in [0.1, 0.15) is 11.6 Å². The molecule has 0 aliphatic heterocycles. The summed E-state index contributed by atoms with van der Waals surface area (Å²) in [6.45, 7) is 0. The van der Waals surface area contributed by atoms with Gasteiger partial charge >= 0.3 is 0 Å². The molecule has 1 aromatic carbocycles. The van der Waals surface area contributed by atoms with E-state index in [0.717, 1.165) is 42.7 Å². The topological polar surface area (TPSA) is 73.3 Å². The molecule has 0 amide bonds. The molecule has 2 unspecified atom stereocenters. The molecule has 0 saturated heterocycles. The molecule has 5 nitrogen and oxygen atoms in total. The summed E-state index contributed by atoms with van der Waals surface area (Å²) >= 11 is 0. The van der Waals surface area contributed by atoms with Crippen molar-refractivity contribution in [3.05, 3.63) is 30.3 Å². The molecule has 1 aliphatic rings. The molecule has 1 fully saturated rings. The number of rotatable bonds is 3. The molecule has 0 spiro atoms. The number of methoxy groups -OCH3 is 1. The van der Waals surface area contributed by atoms with Crippen molar-refractivity contribution in [2.45, 2.75) is 37.8 Å². The minimum atomic E-state index is -0.357. The summed E-state index contributed by atoms with van der Waals surface area (Å²) in [5.74, 6) is 1.42. The molecule has 1 aliphatic carbocycles. The Morgan fingerprint density at radius 1 is 1.24 bits per heavy atom. The number of nitrogen functional groups attached to an aromatic ring is 1. The SMILES string of the molecule is COc1ccc(-c2cc(N)n(C3CCCCC3O)n2)cc1. The molecule has 2 atom stereocenters. The van der Waals surface area contributed by atoms with Crippen LogP contribution in [0.1, 0.15) is 31.7 Å². The first-order valence-corrected chi connectivity index (χ1v) is 7.36. The Bertz CT molecular complexity index is 606. The summed E-state index contributed by atoms with van der Waals surface area (Å²) in [5.41, 5.74) is 7.91. The van der Waals surface area contributed by atoms with E-state index in [4.69, 9.17) is 10.5 Å². The number of nitrogens with zero attached hydrogens (tertiary/aromatic N) is 2. The molecule has 1 heterocycles. The third kappa shape index (κ3) is 2.74. The van der Waals surface area contributed by atoms with Gasteiger partial charge in [-0.3, -0.25) is 0 Å². The van der Waals surface area contributed by atoms with Gasteiger partial charge in [0.05, 0.1) is 24.9 Å². The van der Waals surface area contributed by atoms with Crippen LogP contribution in [0.4, 0.5) is 5.82 Å². The van der Waals surface area contributed by atoms with E-state index >= 15 is 0 Å². The van der Waals surface area contributed by atoms with Crippen LogP contribution in [0.3, 0.4) is 0 Å². The highest BCUT2D eigenvalue weighted by molar-refractivity contribution is 5.63. The third-order valence-corrected chi connectivity index (χ3v) is 4.16. The first-order chi connectivity index (χ1) is 10.2. The fraction of sp³-hybridized carbons (Fsp3) is 0.438. The molecule has 3 N–H and O–H groups in total. The number of ether oxygens (including phenoxy) is 1. The van der Waals surface area contributed by atoms with Crippen molar-refractivity contribution < 1.29 is 9.84 Å². The van der Waals surface area contributed by atoms with E-state index in [-0.39, 0.29) is 12.1 Å². The summed E-state index contributed by atoms with van der Waals surface area (Å²) in [6, 6.07) is 9.58. The van der Waals surface area contributed by atoms with Crippen LogP contribution >= 0.6 is 0 Å². The minimum Gasteiger partial charge on any atom is -0.497 e. The van der Waals surface area contributed by atoms with Gasteiger partial charge < -0.3 is 15.6 Å². The van der Waals surface area contributed by atoms with Crippen LogP contribution in [-0.4, -0.2) is 28.1 Å². The van der Waals surface area contributed by atoms with E-state index in [0.29, 0.717) is 5.82 Å². The van der Waals surface area contributed by atoms with Crippen molar-refractivity contribution >= 4 is 5.82 Å². The van der Waals surface area contributed by atoms with Crippen molar-refractivity contribution in [1.82, 2.24) is 9.78 Å². The van der Waals surface area contributed by atoms with Gasteiger partial charge in [0.25, 0.3) is 0 Å². The van der Waals surface area contributed by atoms with Crippen molar-refractivity contribution in [3.8, 4) is 17.0 Å². The summed E-state index contributed by atoms with van der Waals surface area (Å²) in [7, 11) is 1.65. The predicted octanol–water partition coefficient (Wildman–Crippen LogP) is 2.62. The standard InChI is InChI=1S/C16H21N3O2/c1-21-12-8-6-11(7-9-12)13-10-16(17)19(18-13)14-4-2-3-5-15(14)20/h6-10,14-15,20H,2-5,17H2,1H3. The maximum Gasteiger partial charge on any atom is 0.122 e. The van der Waals surface area contributed by atoms with Crippen LogP contribution < -0.4 is 10.5 Å². The predicted molar refractivity (Wildman–Crippen MR) is 82.1 cm³/mol. The van der Waals surface area contributed by atoms with Crippen LogP contribution in [0.15, 0.2) is 30.3 Å². The number of aliphatic hydroxyl groups is 1. The van der Waals surface area contributed by atoms with Crippen molar-refractivity contribution in [2.24, 2.45) is 0 Å². The number of aliphatic hydroxyl groups excluding tert-OH is 1. The van der Waals surface area contributed by atoms with Gasteiger partial charge in [-0.1, -0.05) is 12.8 Å². The maximum absolute atomic E-state index is 10.2. The van der Waals surface area contributed by atoms with Gasteiger partial charge in [-0.15, -0.1) is 0 Å². The van der Waals surface area contributed by atoms with E-state index in [1.54, 1.807) is 11.8 Å². The van der Waals surface area contributed by atoms with E-state index in [2.05, 4.69) is 5.10 Å². The summed E-state index contributed by atoms with van der Waals surface area (Å²) in [6.07, 6.45) is 3.57. The number of hydrogen-bond acceptors (Lipinski definition) is 4. The average Bonchev–Trinajstić information content (AvgIpc) is 2.90. The molecule has 0 bridgehead atoms. The van der Waals surface area contributed by atoms with Gasteiger partial charge in [-0.2, -0.15) is 5.10 Å². The van der Waals surface area contributed by atoms with Crippen molar-refractivity contribution in [3.63, 3.8) is 0 Å². The summed E-state index contributed by atoms with van der Waals surface area (Å²) in [4.78, 5) is 0. The molecular formula is C16H21N3O2. The van der Waals surface area contributed by atoms with Crippen molar-refractivity contribution in [2.75, 3.05) is 12.8 Å². The molecular weight excluding hydrogens is 266 g/mol. The Morgan fingerprint density at radius 2 is 1.95 bits per heavy atom. The Kier molecular flexibility index (Phi) is 3.84. The zero-order valence-corrected chi connectivity index (χ0v) is 12.2.